The van der Waals surface area contributed by atoms with Gasteiger partial charge >= 0.3 is 0 Å². The fraction of sp³-hybridized carbons (Fsp3) is 0.474. The molecule has 0 fully saturated rings. The molecule has 2 rings (SSSR count). The van der Waals surface area contributed by atoms with Crippen molar-refractivity contribution in [3.63, 3.8) is 0 Å². The Morgan fingerprint density at radius 2 is 2.00 bits per heavy atom. The molecule has 1 amide bonds. The number of rotatable bonds is 7. The SMILES string of the molecule is Cc1ccccc1[C@H](C(=O)NCc1cc(CC(C)C)no1)N(C)C. The number of amides is 1. The standard InChI is InChI=1S/C19H27N3O2/c1-13(2)10-15-11-16(24-21-15)12-20-19(23)18(22(4)5)17-9-7-6-8-14(17)3/h6-9,11,13,18H,10,12H2,1-5H3,(H,20,23)/t18-/m1/s1. The average molecular weight is 329 g/mol. The van der Waals surface area contributed by atoms with E-state index in [2.05, 4.69) is 24.3 Å². The molecular formula is C19H27N3O2. The molecule has 0 saturated heterocycles. The summed E-state index contributed by atoms with van der Waals surface area (Å²) in [5.41, 5.74) is 3.04. The Kier molecular flexibility index (Phi) is 6.15. The van der Waals surface area contributed by atoms with Crippen molar-refractivity contribution in [3.05, 3.63) is 52.9 Å². The van der Waals surface area contributed by atoms with Crippen LogP contribution in [0.1, 0.15) is 42.5 Å². The van der Waals surface area contributed by atoms with Gasteiger partial charge in [0, 0.05) is 6.07 Å². The van der Waals surface area contributed by atoms with Crippen LogP contribution in [0, 0.1) is 12.8 Å². The van der Waals surface area contributed by atoms with Crippen molar-refractivity contribution in [2.45, 2.75) is 39.8 Å². The molecule has 1 N–H and O–H groups in total. The van der Waals surface area contributed by atoms with Crippen LogP contribution in [0.5, 0.6) is 0 Å². The lowest BCUT2D eigenvalue weighted by molar-refractivity contribution is -0.126. The van der Waals surface area contributed by atoms with Crippen molar-refractivity contribution in [1.29, 1.82) is 0 Å². The van der Waals surface area contributed by atoms with E-state index < -0.39 is 0 Å². The predicted molar refractivity (Wildman–Crippen MR) is 94.5 cm³/mol. The molecule has 0 spiro atoms. The van der Waals surface area contributed by atoms with Gasteiger partial charge in [0.05, 0.1) is 12.2 Å². The van der Waals surface area contributed by atoms with Crippen LogP contribution in [0.4, 0.5) is 0 Å². The zero-order chi connectivity index (χ0) is 17.7. The Morgan fingerprint density at radius 3 is 2.62 bits per heavy atom. The lowest BCUT2D eigenvalue weighted by atomic mass is 10.00. The highest BCUT2D eigenvalue weighted by Gasteiger charge is 2.24. The molecule has 0 aliphatic carbocycles. The van der Waals surface area contributed by atoms with E-state index in [0.717, 1.165) is 23.2 Å². The minimum absolute atomic E-state index is 0.0453. The van der Waals surface area contributed by atoms with Gasteiger partial charge in [-0.15, -0.1) is 0 Å². The fourth-order valence-corrected chi connectivity index (χ4v) is 2.77. The summed E-state index contributed by atoms with van der Waals surface area (Å²) in [7, 11) is 3.82. The van der Waals surface area contributed by atoms with Crippen LogP contribution in [0.3, 0.4) is 0 Å². The molecule has 1 heterocycles. The molecule has 1 aromatic carbocycles. The largest absolute Gasteiger partial charge is 0.359 e. The van der Waals surface area contributed by atoms with Crippen molar-refractivity contribution < 1.29 is 9.32 Å². The molecule has 0 aliphatic heterocycles. The summed E-state index contributed by atoms with van der Waals surface area (Å²) in [6.07, 6.45) is 0.876. The minimum Gasteiger partial charge on any atom is -0.359 e. The van der Waals surface area contributed by atoms with Crippen molar-refractivity contribution >= 4 is 5.91 Å². The van der Waals surface area contributed by atoms with Gasteiger partial charge in [0.2, 0.25) is 5.91 Å². The van der Waals surface area contributed by atoms with E-state index in [1.165, 1.54) is 0 Å². The molecule has 1 aromatic heterocycles. The number of hydrogen-bond donors (Lipinski definition) is 1. The third-order valence-electron chi connectivity index (χ3n) is 3.91. The number of nitrogens with zero attached hydrogens (tertiary/aromatic N) is 2. The van der Waals surface area contributed by atoms with Gasteiger partial charge in [-0.3, -0.25) is 9.69 Å². The summed E-state index contributed by atoms with van der Waals surface area (Å²) in [6, 6.07) is 9.54. The Bertz CT molecular complexity index is 677. The highest BCUT2D eigenvalue weighted by atomic mass is 16.5. The lowest BCUT2D eigenvalue weighted by Crippen LogP contribution is -2.37. The van der Waals surface area contributed by atoms with Gasteiger partial charge in [-0.2, -0.15) is 0 Å². The molecule has 5 nitrogen and oxygen atoms in total. The van der Waals surface area contributed by atoms with Crippen LogP contribution in [-0.2, 0) is 17.8 Å². The number of hydrogen-bond acceptors (Lipinski definition) is 4. The van der Waals surface area contributed by atoms with Crippen LogP contribution in [0.15, 0.2) is 34.9 Å². The number of benzene rings is 1. The lowest BCUT2D eigenvalue weighted by Gasteiger charge is -2.25. The number of carbonyl (C=O) groups is 1. The van der Waals surface area contributed by atoms with Crippen LogP contribution in [-0.4, -0.2) is 30.1 Å². The van der Waals surface area contributed by atoms with Gasteiger partial charge < -0.3 is 9.84 Å². The molecule has 24 heavy (non-hydrogen) atoms. The summed E-state index contributed by atoms with van der Waals surface area (Å²) >= 11 is 0. The minimum atomic E-state index is -0.329. The van der Waals surface area contributed by atoms with Crippen molar-refractivity contribution in [2.24, 2.45) is 5.92 Å². The summed E-state index contributed by atoms with van der Waals surface area (Å²) in [5.74, 6) is 1.16. The summed E-state index contributed by atoms with van der Waals surface area (Å²) in [5, 5.41) is 7.01. The highest BCUT2D eigenvalue weighted by Crippen LogP contribution is 2.22. The first-order valence-corrected chi connectivity index (χ1v) is 8.32. The average Bonchev–Trinajstić information content (AvgIpc) is 2.94. The van der Waals surface area contributed by atoms with E-state index in [0.29, 0.717) is 18.2 Å². The van der Waals surface area contributed by atoms with Gasteiger partial charge in [-0.25, -0.2) is 0 Å². The number of aromatic nitrogens is 1. The quantitative estimate of drug-likeness (QED) is 0.848. The van der Waals surface area contributed by atoms with E-state index in [1.807, 2.05) is 56.3 Å². The van der Waals surface area contributed by atoms with Crippen LogP contribution in [0.2, 0.25) is 0 Å². The first kappa shape index (κ1) is 18.2. The molecule has 1 atom stereocenters. The van der Waals surface area contributed by atoms with Gasteiger partial charge in [0.1, 0.15) is 6.04 Å². The second-order valence-electron chi connectivity index (χ2n) is 6.82. The Labute approximate surface area is 144 Å². The molecule has 0 bridgehead atoms. The van der Waals surface area contributed by atoms with Gasteiger partial charge in [0.15, 0.2) is 5.76 Å². The maximum absolute atomic E-state index is 12.7. The summed E-state index contributed by atoms with van der Waals surface area (Å²) < 4.78 is 5.31. The fourth-order valence-electron chi connectivity index (χ4n) is 2.77. The van der Waals surface area contributed by atoms with Crippen molar-refractivity contribution in [2.75, 3.05) is 14.1 Å². The van der Waals surface area contributed by atoms with Gasteiger partial charge in [-0.1, -0.05) is 43.3 Å². The van der Waals surface area contributed by atoms with Crippen molar-refractivity contribution in [3.8, 4) is 0 Å². The van der Waals surface area contributed by atoms with E-state index >= 15 is 0 Å². The second-order valence-corrected chi connectivity index (χ2v) is 6.82. The Hall–Kier alpha value is -2.14. The van der Waals surface area contributed by atoms with E-state index in [-0.39, 0.29) is 11.9 Å². The molecule has 0 unspecified atom stereocenters. The molecule has 5 heteroatoms. The summed E-state index contributed by atoms with van der Waals surface area (Å²) in [4.78, 5) is 14.6. The molecule has 2 aromatic rings. The smallest absolute Gasteiger partial charge is 0.242 e. The van der Waals surface area contributed by atoms with E-state index in [1.54, 1.807) is 0 Å². The predicted octanol–water partition coefficient (Wildman–Crippen LogP) is 3.10. The second kappa shape index (κ2) is 8.11. The molecule has 0 radical (unpaired) electrons. The molecule has 0 aliphatic rings. The van der Waals surface area contributed by atoms with Crippen LogP contribution in [0.25, 0.3) is 0 Å². The normalized spacial score (nSPS) is 12.6. The third kappa shape index (κ3) is 4.68. The number of nitrogens with one attached hydrogen (secondary N) is 1. The number of aryl methyl sites for hydroxylation is 1. The van der Waals surface area contributed by atoms with E-state index in [9.17, 15) is 4.79 Å². The monoisotopic (exact) mass is 329 g/mol. The van der Waals surface area contributed by atoms with Crippen LogP contribution >= 0.6 is 0 Å². The Morgan fingerprint density at radius 1 is 1.29 bits per heavy atom. The first-order valence-electron chi connectivity index (χ1n) is 8.32. The zero-order valence-corrected chi connectivity index (χ0v) is 15.2. The van der Waals surface area contributed by atoms with Gasteiger partial charge in [0.25, 0.3) is 0 Å². The molecule has 130 valence electrons. The maximum atomic E-state index is 12.7. The summed E-state index contributed by atoms with van der Waals surface area (Å²) in [6.45, 7) is 6.65. The maximum Gasteiger partial charge on any atom is 0.242 e. The van der Waals surface area contributed by atoms with Crippen molar-refractivity contribution in [1.82, 2.24) is 15.4 Å². The van der Waals surface area contributed by atoms with E-state index in [4.69, 9.17) is 4.52 Å². The molecule has 0 saturated carbocycles. The molecular weight excluding hydrogens is 302 g/mol. The van der Waals surface area contributed by atoms with Gasteiger partial charge in [-0.05, 0) is 44.5 Å². The highest BCUT2D eigenvalue weighted by molar-refractivity contribution is 5.83. The number of carbonyl (C=O) groups excluding carboxylic acids is 1. The van der Waals surface area contributed by atoms with Crippen LogP contribution < -0.4 is 5.32 Å². The topological polar surface area (TPSA) is 58.4 Å². The zero-order valence-electron chi connectivity index (χ0n) is 15.2. The first-order chi connectivity index (χ1) is 11.4. The number of likely N-dealkylation sites (N-methyl/N-ethyl adjacent to an activating group) is 1. The third-order valence-corrected chi connectivity index (χ3v) is 3.91. The Balaban J connectivity index is 2.04.